The summed E-state index contributed by atoms with van der Waals surface area (Å²) in [4.78, 5) is 31.4. The maximum Gasteiger partial charge on any atom is 0.506 e. The Hall–Kier alpha value is -2.37. The van der Waals surface area contributed by atoms with Gasteiger partial charge in [-0.05, 0) is 18.9 Å². The number of rotatable bonds is 14. The number of benzene rings is 1. The highest BCUT2D eigenvalue weighted by Gasteiger charge is 2.14. The smallest absolute Gasteiger partial charge is 0.493 e. The van der Waals surface area contributed by atoms with E-state index < -0.39 is 6.16 Å². The first-order valence-corrected chi connectivity index (χ1v) is 12.1. The number of para-hydroxylation sites is 1. The van der Waals surface area contributed by atoms with Crippen molar-refractivity contribution >= 4 is 17.7 Å². The molecule has 0 atom stereocenters. The number of ether oxygens (including phenoxy) is 2. The van der Waals surface area contributed by atoms with Gasteiger partial charge in [-0.25, -0.2) is 4.79 Å². The average molecular weight is 449 g/mol. The molecular formula is C26H40O6. The van der Waals surface area contributed by atoms with Gasteiger partial charge in [-0.1, -0.05) is 82.9 Å². The molecule has 0 saturated heterocycles. The van der Waals surface area contributed by atoms with Crippen molar-refractivity contribution < 1.29 is 29.0 Å². The van der Waals surface area contributed by atoms with Gasteiger partial charge in [0.25, 0.3) is 0 Å². The largest absolute Gasteiger partial charge is 0.506 e. The maximum atomic E-state index is 10.5. The predicted octanol–water partition coefficient (Wildman–Crippen LogP) is 6.88. The van der Waals surface area contributed by atoms with E-state index in [1.807, 2.05) is 24.3 Å². The first-order chi connectivity index (χ1) is 15.5. The van der Waals surface area contributed by atoms with E-state index in [-0.39, 0.29) is 24.6 Å². The van der Waals surface area contributed by atoms with Gasteiger partial charge >= 0.3 is 6.16 Å². The zero-order valence-electron chi connectivity index (χ0n) is 19.6. The van der Waals surface area contributed by atoms with Crippen LogP contribution in [0.15, 0.2) is 24.3 Å². The van der Waals surface area contributed by atoms with Crippen molar-refractivity contribution in [2.24, 2.45) is 0 Å². The molecule has 1 aromatic carbocycles. The van der Waals surface area contributed by atoms with Gasteiger partial charge in [-0.3, -0.25) is 9.59 Å². The van der Waals surface area contributed by atoms with Gasteiger partial charge in [0, 0.05) is 18.4 Å². The van der Waals surface area contributed by atoms with E-state index >= 15 is 0 Å². The summed E-state index contributed by atoms with van der Waals surface area (Å²) in [5.74, 6) is 0.942. The fourth-order valence-corrected chi connectivity index (χ4v) is 3.55. The van der Waals surface area contributed by atoms with Gasteiger partial charge < -0.3 is 14.6 Å². The van der Waals surface area contributed by atoms with Crippen LogP contribution in [0, 0.1) is 0 Å². The Labute approximate surface area is 192 Å². The van der Waals surface area contributed by atoms with E-state index in [1.54, 1.807) is 0 Å². The first kappa shape index (κ1) is 27.7. The van der Waals surface area contributed by atoms with E-state index in [2.05, 4.69) is 11.7 Å². The Kier molecular flexibility index (Phi) is 15.8. The number of carbonyl (C=O) groups is 3. The van der Waals surface area contributed by atoms with Gasteiger partial charge in [-0.2, -0.15) is 0 Å². The van der Waals surface area contributed by atoms with Crippen LogP contribution in [0.25, 0.3) is 0 Å². The molecule has 0 heterocycles. The Bertz CT molecular complexity index is 656. The van der Waals surface area contributed by atoms with Gasteiger partial charge in [0.2, 0.25) is 0 Å². The summed E-state index contributed by atoms with van der Waals surface area (Å²) < 4.78 is 10.4. The summed E-state index contributed by atoms with van der Waals surface area (Å²) in [7, 11) is 0. The highest BCUT2D eigenvalue weighted by Crippen LogP contribution is 2.19. The van der Waals surface area contributed by atoms with Crippen molar-refractivity contribution in [3.8, 4) is 5.75 Å². The van der Waals surface area contributed by atoms with Gasteiger partial charge in [0.05, 0.1) is 13.0 Å². The number of hydrogen-bond acceptors (Lipinski definition) is 5. The van der Waals surface area contributed by atoms with Crippen molar-refractivity contribution in [1.82, 2.24) is 0 Å². The average Bonchev–Trinajstić information content (AvgIpc) is 2.77. The summed E-state index contributed by atoms with van der Waals surface area (Å²) in [6.07, 6.45) is 13.9. The summed E-state index contributed by atoms with van der Waals surface area (Å²) in [5, 5.41) is 8.58. The monoisotopic (exact) mass is 448 g/mol. The highest BCUT2D eigenvalue weighted by atomic mass is 16.7. The SMILES string of the molecule is CCCCCCCCCCCCOc1ccccc1COC(=O)O.O=C1CCCC(=O)C1. The Morgan fingerprint density at radius 2 is 1.44 bits per heavy atom. The minimum absolute atomic E-state index is 0.0313. The van der Waals surface area contributed by atoms with E-state index in [9.17, 15) is 14.4 Å². The van der Waals surface area contributed by atoms with Crippen LogP contribution >= 0.6 is 0 Å². The van der Waals surface area contributed by atoms with Crippen LogP contribution in [0.4, 0.5) is 4.79 Å². The second-order valence-corrected chi connectivity index (χ2v) is 8.30. The quantitative estimate of drug-likeness (QED) is 0.189. The molecule has 0 unspecified atom stereocenters. The molecule has 180 valence electrons. The summed E-state index contributed by atoms with van der Waals surface area (Å²) in [5.41, 5.74) is 0.770. The lowest BCUT2D eigenvalue weighted by Gasteiger charge is -2.11. The zero-order valence-corrected chi connectivity index (χ0v) is 19.6. The molecule has 0 bridgehead atoms. The van der Waals surface area contributed by atoms with E-state index in [4.69, 9.17) is 9.84 Å². The highest BCUT2D eigenvalue weighted by molar-refractivity contribution is 6.01. The predicted molar refractivity (Wildman–Crippen MR) is 125 cm³/mol. The van der Waals surface area contributed by atoms with Crippen molar-refractivity contribution in [2.45, 2.75) is 103 Å². The van der Waals surface area contributed by atoms with Crippen LogP contribution in [-0.2, 0) is 20.9 Å². The summed E-state index contributed by atoms with van der Waals surface area (Å²) >= 11 is 0. The molecule has 1 fully saturated rings. The van der Waals surface area contributed by atoms with E-state index in [0.29, 0.717) is 19.4 Å². The number of carbonyl (C=O) groups excluding carboxylic acids is 2. The Morgan fingerprint density at radius 3 is 1.97 bits per heavy atom. The van der Waals surface area contributed by atoms with Crippen LogP contribution in [0.2, 0.25) is 0 Å². The lowest BCUT2D eigenvalue weighted by Crippen LogP contribution is -2.13. The van der Waals surface area contributed by atoms with Crippen LogP contribution in [0.5, 0.6) is 5.75 Å². The van der Waals surface area contributed by atoms with Crippen molar-refractivity contribution in [3.63, 3.8) is 0 Å². The van der Waals surface area contributed by atoms with Crippen LogP contribution in [0.1, 0.15) is 102 Å². The van der Waals surface area contributed by atoms with Crippen molar-refractivity contribution in [1.29, 1.82) is 0 Å². The summed E-state index contributed by atoms with van der Waals surface area (Å²) in [6, 6.07) is 7.43. The lowest BCUT2D eigenvalue weighted by molar-refractivity contribution is -0.129. The second-order valence-electron chi connectivity index (χ2n) is 8.30. The fourth-order valence-electron chi connectivity index (χ4n) is 3.55. The third kappa shape index (κ3) is 14.6. The fraction of sp³-hybridized carbons (Fsp3) is 0.654. The van der Waals surface area contributed by atoms with E-state index in [1.165, 1.54) is 57.8 Å². The number of ketones is 2. The topological polar surface area (TPSA) is 89.9 Å². The normalized spacial score (nSPS) is 13.3. The molecule has 6 heteroatoms. The van der Waals surface area contributed by atoms with Crippen molar-refractivity contribution in [3.05, 3.63) is 29.8 Å². The molecule has 1 aliphatic rings. The lowest BCUT2D eigenvalue weighted by atomic mass is 9.98. The zero-order chi connectivity index (χ0) is 23.4. The minimum atomic E-state index is -1.26. The molecule has 2 rings (SSSR count). The molecule has 6 nitrogen and oxygen atoms in total. The molecule has 1 aliphatic carbocycles. The number of hydrogen-bond donors (Lipinski definition) is 1. The summed E-state index contributed by atoms with van der Waals surface area (Å²) in [6.45, 7) is 2.95. The third-order valence-electron chi connectivity index (χ3n) is 5.38. The van der Waals surface area contributed by atoms with Gasteiger partial charge in [0.1, 0.15) is 23.9 Å². The molecule has 0 amide bonds. The first-order valence-electron chi connectivity index (χ1n) is 12.1. The maximum absolute atomic E-state index is 10.5. The molecule has 0 radical (unpaired) electrons. The van der Waals surface area contributed by atoms with Crippen LogP contribution in [-0.4, -0.2) is 29.4 Å². The Balaban J connectivity index is 0.000000533. The number of Topliss-reactive ketones (excluding diaryl/α,β-unsaturated/α-hetero) is 2. The molecule has 1 aromatic rings. The van der Waals surface area contributed by atoms with Crippen LogP contribution in [0.3, 0.4) is 0 Å². The van der Waals surface area contributed by atoms with Gasteiger partial charge in [0.15, 0.2) is 0 Å². The molecule has 1 saturated carbocycles. The van der Waals surface area contributed by atoms with Crippen molar-refractivity contribution in [2.75, 3.05) is 6.61 Å². The van der Waals surface area contributed by atoms with Gasteiger partial charge in [-0.15, -0.1) is 0 Å². The minimum Gasteiger partial charge on any atom is -0.493 e. The molecular weight excluding hydrogens is 408 g/mol. The Morgan fingerprint density at radius 1 is 0.875 bits per heavy atom. The number of carboxylic acid groups (broad SMARTS) is 1. The molecule has 1 N–H and O–H groups in total. The second kappa shape index (κ2) is 18.2. The number of unbranched alkanes of at least 4 members (excludes halogenated alkanes) is 9. The van der Waals surface area contributed by atoms with Crippen LogP contribution < -0.4 is 4.74 Å². The molecule has 0 aliphatic heterocycles. The third-order valence-corrected chi connectivity index (χ3v) is 5.38. The molecule has 0 aromatic heterocycles. The molecule has 0 spiro atoms. The standard InChI is InChI=1S/C20H32O4.C6H8O2/c1-2-3-4-5-6-7-8-9-10-13-16-23-19-15-12-11-14-18(19)17-24-20(21)22;7-5-2-1-3-6(8)4-5/h11-12,14-15H,2-10,13,16-17H2,1H3,(H,21,22);1-4H2. The van der Waals surface area contributed by atoms with E-state index in [0.717, 1.165) is 24.2 Å². The molecule has 32 heavy (non-hydrogen) atoms.